The van der Waals surface area contributed by atoms with Gasteiger partial charge in [0.1, 0.15) is 0 Å². The number of rotatable bonds is 6. The van der Waals surface area contributed by atoms with E-state index < -0.39 is 0 Å². The van der Waals surface area contributed by atoms with Crippen LogP contribution in [0.4, 0.5) is 0 Å². The zero-order valence-corrected chi connectivity index (χ0v) is 18.6. The molecule has 0 saturated carbocycles. The maximum absolute atomic E-state index is 12.8. The van der Waals surface area contributed by atoms with E-state index in [1.54, 1.807) is 0 Å². The van der Waals surface area contributed by atoms with Gasteiger partial charge in [-0.1, -0.05) is 84.4 Å². The number of hydrogen-bond donors (Lipinski definition) is 0. The van der Waals surface area contributed by atoms with Crippen LogP contribution in [0.5, 0.6) is 0 Å². The van der Waals surface area contributed by atoms with Gasteiger partial charge in [-0.25, -0.2) is 0 Å². The van der Waals surface area contributed by atoms with Gasteiger partial charge < -0.3 is 4.90 Å². The second kappa shape index (κ2) is 9.93. The third-order valence-corrected chi connectivity index (χ3v) is 6.35. The lowest BCUT2D eigenvalue weighted by atomic mass is 9.92. The van der Waals surface area contributed by atoms with Crippen molar-refractivity contribution in [2.75, 3.05) is 26.2 Å². The van der Waals surface area contributed by atoms with E-state index in [1.807, 2.05) is 23.1 Å². The van der Waals surface area contributed by atoms with E-state index in [2.05, 4.69) is 79.4 Å². The lowest BCUT2D eigenvalue weighted by molar-refractivity contribution is -0.133. The molecule has 0 spiro atoms. The van der Waals surface area contributed by atoms with Crippen molar-refractivity contribution in [3.05, 3.63) is 107 Å². The van der Waals surface area contributed by atoms with Crippen molar-refractivity contribution in [3.8, 4) is 0 Å². The standard InChI is InChI=1S/C28H32N2O/c1-22-13-14-23(2)26(21-22)28(25-11-7-4-8-12-25)30-19-17-29(18-20-30)27(31)16-15-24-9-5-3-6-10-24/h3-14,21,28H,15-20H2,1-2H3/t28-/m0/s1. The predicted octanol–water partition coefficient (Wildman–Crippen LogP) is 5.17. The van der Waals surface area contributed by atoms with E-state index in [9.17, 15) is 4.79 Å². The Morgan fingerprint density at radius 3 is 2.16 bits per heavy atom. The van der Waals surface area contributed by atoms with Gasteiger partial charge in [0, 0.05) is 32.6 Å². The van der Waals surface area contributed by atoms with Crippen LogP contribution in [-0.4, -0.2) is 41.9 Å². The molecule has 160 valence electrons. The molecule has 0 aromatic heterocycles. The van der Waals surface area contributed by atoms with Crippen molar-refractivity contribution in [1.82, 2.24) is 9.80 Å². The molecule has 1 aliphatic heterocycles. The number of piperazine rings is 1. The summed E-state index contributed by atoms with van der Waals surface area (Å²) in [6.07, 6.45) is 1.40. The van der Waals surface area contributed by atoms with Crippen LogP contribution in [0.3, 0.4) is 0 Å². The number of hydrogen-bond acceptors (Lipinski definition) is 2. The molecule has 0 radical (unpaired) electrons. The number of carbonyl (C=O) groups is 1. The fraction of sp³-hybridized carbons (Fsp3) is 0.321. The van der Waals surface area contributed by atoms with Gasteiger partial charge in [-0.2, -0.15) is 0 Å². The zero-order chi connectivity index (χ0) is 21.6. The molecule has 1 aliphatic rings. The van der Waals surface area contributed by atoms with Crippen LogP contribution >= 0.6 is 0 Å². The predicted molar refractivity (Wildman–Crippen MR) is 127 cm³/mol. The molecule has 31 heavy (non-hydrogen) atoms. The minimum absolute atomic E-state index is 0.225. The van der Waals surface area contributed by atoms with E-state index in [4.69, 9.17) is 0 Å². The molecule has 1 atom stereocenters. The van der Waals surface area contributed by atoms with Gasteiger partial charge in [0.15, 0.2) is 0 Å². The van der Waals surface area contributed by atoms with Gasteiger partial charge in [-0.3, -0.25) is 9.69 Å². The van der Waals surface area contributed by atoms with Crippen molar-refractivity contribution in [2.24, 2.45) is 0 Å². The molecule has 1 heterocycles. The molecular formula is C28H32N2O. The molecule has 1 saturated heterocycles. The summed E-state index contributed by atoms with van der Waals surface area (Å²) in [7, 11) is 0. The normalized spacial score (nSPS) is 15.6. The Morgan fingerprint density at radius 1 is 0.839 bits per heavy atom. The molecule has 1 amide bonds. The summed E-state index contributed by atoms with van der Waals surface area (Å²) >= 11 is 0. The van der Waals surface area contributed by atoms with Crippen LogP contribution in [0.1, 0.15) is 40.3 Å². The van der Waals surface area contributed by atoms with Gasteiger partial charge >= 0.3 is 0 Å². The zero-order valence-electron chi connectivity index (χ0n) is 18.6. The first kappa shape index (κ1) is 21.3. The molecule has 0 N–H and O–H groups in total. The van der Waals surface area contributed by atoms with Crippen molar-refractivity contribution in [2.45, 2.75) is 32.7 Å². The quantitative estimate of drug-likeness (QED) is 0.558. The Morgan fingerprint density at radius 2 is 1.48 bits per heavy atom. The third-order valence-electron chi connectivity index (χ3n) is 6.35. The second-order valence-corrected chi connectivity index (χ2v) is 8.58. The Hall–Kier alpha value is -2.91. The first-order chi connectivity index (χ1) is 15.1. The smallest absolute Gasteiger partial charge is 0.222 e. The van der Waals surface area contributed by atoms with Crippen LogP contribution in [0.25, 0.3) is 0 Å². The lowest BCUT2D eigenvalue weighted by Crippen LogP contribution is -2.50. The summed E-state index contributed by atoms with van der Waals surface area (Å²) < 4.78 is 0. The molecule has 0 aliphatic carbocycles. The highest BCUT2D eigenvalue weighted by Gasteiger charge is 2.28. The second-order valence-electron chi connectivity index (χ2n) is 8.58. The fourth-order valence-corrected chi connectivity index (χ4v) is 4.56. The summed E-state index contributed by atoms with van der Waals surface area (Å²) in [4.78, 5) is 17.4. The van der Waals surface area contributed by atoms with Crippen LogP contribution < -0.4 is 0 Å². The van der Waals surface area contributed by atoms with Crippen molar-refractivity contribution in [1.29, 1.82) is 0 Å². The Kier molecular flexibility index (Phi) is 6.83. The number of amides is 1. The minimum atomic E-state index is 0.225. The SMILES string of the molecule is Cc1ccc(C)c([C@H](c2ccccc2)N2CCN(C(=O)CCc3ccccc3)CC2)c1. The Bertz CT molecular complexity index is 992. The first-order valence-corrected chi connectivity index (χ1v) is 11.3. The van der Waals surface area contributed by atoms with Gasteiger partial charge in [-0.05, 0) is 42.5 Å². The number of nitrogens with zero attached hydrogens (tertiary/aromatic N) is 2. The van der Waals surface area contributed by atoms with Crippen LogP contribution in [0.15, 0.2) is 78.9 Å². The molecule has 1 fully saturated rings. The van der Waals surface area contributed by atoms with Gasteiger partial charge in [0.2, 0.25) is 5.91 Å². The summed E-state index contributed by atoms with van der Waals surface area (Å²) in [6.45, 7) is 7.74. The lowest BCUT2D eigenvalue weighted by Gasteiger charge is -2.40. The largest absolute Gasteiger partial charge is 0.340 e. The highest BCUT2D eigenvalue weighted by atomic mass is 16.2. The van der Waals surface area contributed by atoms with E-state index >= 15 is 0 Å². The Labute approximate surface area is 186 Å². The van der Waals surface area contributed by atoms with Crippen molar-refractivity contribution in [3.63, 3.8) is 0 Å². The van der Waals surface area contributed by atoms with Crippen molar-refractivity contribution >= 4 is 5.91 Å². The maximum Gasteiger partial charge on any atom is 0.222 e. The van der Waals surface area contributed by atoms with Gasteiger partial charge in [0.25, 0.3) is 0 Å². The molecule has 0 unspecified atom stereocenters. The van der Waals surface area contributed by atoms with Crippen LogP contribution in [0, 0.1) is 13.8 Å². The van der Waals surface area contributed by atoms with Gasteiger partial charge in [0.05, 0.1) is 6.04 Å². The molecule has 3 nitrogen and oxygen atoms in total. The average Bonchev–Trinajstić information content (AvgIpc) is 2.82. The first-order valence-electron chi connectivity index (χ1n) is 11.3. The van der Waals surface area contributed by atoms with Gasteiger partial charge in [-0.15, -0.1) is 0 Å². The number of aryl methyl sites for hydroxylation is 3. The summed E-state index contributed by atoms with van der Waals surface area (Å²) in [5, 5.41) is 0. The fourth-order valence-electron chi connectivity index (χ4n) is 4.56. The average molecular weight is 413 g/mol. The minimum Gasteiger partial charge on any atom is -0.340 e. The van der Waals surface area contributed by atoms with E-state index in [1.165, 1.54) is 27.8 Å². The van der Waals surface area contributed by atoms with Crippen LogP contribution in [-0.2, 0) is 11.2 Å². The molecule has 4 rings (SSSR count). The summed E-state index contributed by atoms with van der Waals surface area (Å²) in [5.74, 6) is 0.270. The highest BCUT2D eigenvalue weighted by molar-refractivity contribution is 5.76. The molecule has 0 bridgehead atoms. The molecule has 3 aromatic carbocycles. The van der Waals surface area contributed by atoms with Crippen LogP contribution in [0.2, 0.25) is 0 Å². The van der Waals surface area contributed by atoms with E-state index in [-0.39, 0.29) is 11.9 Å². The third kappa shape index (κ3) is 5.23. The monoisotopic (exact) mass is 412 g/mol. The molecular weight excluding hydrogens is 380 g/mol. The Balaban J connectivity index is 1.45. The van der Waals surface area contributed by atoms with E-state index in [0.29, 0.717) is 6.42 Å². The highest BCUT2D eigenvalue weighted by Crippen LogP contribution is 2.32. The molecule has 3 aromatic rings. The van der Waals surface area contributed by atoms with Crippen molar-refractivity contribution < 1.29 is 4.79 Å². The summed E-state index contributed by atoms with van der Waals surface area (Å²) in [5.41, 5.74) is 6.53. The van der Waals surface area contributed by atoms with E-state index in [0.717, 1.165) is 32.6 Å². The maximum atomic E-state index is 12.8. The molecule has 3 heteroatoms. The summed E-state index contributed by atoms with van der Waals surface area (Å²) in [6, 6.07) is 28.0. The topological polar surface area (TPSA) is 23.6 Å². The number of benzene rings is 3. The number of carbonyl (C=O) groups excluding carboxylic acids is 1.